The van der Waals surface area contributed by atoms with Crippen LogP contribution < -0.4 is 11.1 Å². The van der Waals surface area contributed by atoms with Gasteiger partial charge in [0.1, 0.15) is 5.82 Å². The lowest BCUT2D eigenvalue weighted by molar-refractivity contribution is -0.137. The van der Waals surface area contributed by atoms with E-state index in [-0.39, 0.29) is 28.3 Å². The fraction of sp³-hybridized carbons (Fsp3) is 0.200. The summed E-state index contributed by atoms with van der Waals surface area (Å²) < 4.78 is 41.3. The number of halogens is 3. The fourth-order valence-electron chi connectivity index (χ4n) is 3.72. The summed E-state index contributed by atoms with van der Waals surface area (Å²) in [5, 5.41) is 18.1. The van der Waals surface area contributed by atoms with Crippen molar-refractivity contribution in [3.05, 3.63) is 70.4 Å². The average Bonchev–Trinajstić information content (AvgIpc) is 3.08. The summed E-state index contributed by atoms with van der Waals surface area (Å²) in [6.07, 6.45) is -4.63. The quantitative estimate of drug-likeness (QED) is 0.613. The van der Waals surface area contributed by atoms with Crippen molar-refractivity contribution < 1.29 is 23.1 Å². The standard InChI is InChI=1S/C20H17F3N4O2/c1-10-7-8-14-13(9-10)19(29,18(28)25-14)16-11(2)26-27(17(16)24)15-6-4-3-5-12(15)20(21,22)23/h3-9,29H,24H2,1-2H3,(H,25,28)/t19-/m0/s1. The molecular weight excluding hydrogens is 385 g/mol. The van der Waals surface area contributed by atoms with Gasteiger partial charge in [0.2, 0.25) is 5.60 Å². The first-order valence-electron chi connectivity index (χ1n) is 8.72. The van der Waals surface area contributed by atoms with Gasteiger partial charge in [-0.1, -0.05) is 29.8 Å². The van der Waals surface area contributed by atoms with Crippen LogP contribution in [0.3, 0.4) is 0 Å². The van der Waals surface area contributed by atoms with Crippen LogP contribution in [0.4, 0.5) is 24.7 Å². The number of rotatable bonds is 2. The Kier molecular flexibility index (Phi) is 3.99. The maximum atomic E-state index is 13.5. The van der Waals surface area contributed by atoms with Crippen molar-refractivity contribution in [3.63, 3.8) is 0 Å². The van der Waals surface area contributed by atoms with Gasteiger partial charge >= 0.3 is 6.18 Å². The third kappa shape index (κ3) is 2.69. The molecule has 150 valence electrons. The summed E-state index contributed by atoms with van der Waals surface area (Å²) in [5.74, 6) is -0.984. The normalized spacial score (nSPS) is 18.6. The number of alkyl halides is 3. The number of anilines is 2. The molecule has 1 amide bonds. The summed E-state index contributed by atoms with van der Waals surface area (Å²) >= 11 is 0. The predicted molar refractivity (Wildman–Crippen MR) is 101 cm³/mol. The minimum Gasteiger partial charge on any atom is -0.383 e. The molecule has 29 heavy (non-hydrogen) atoms. The second-order valence-electron chi connectivity index (χ2n) is 6.99. The van der Waals surface area contributed by atoms with Gasteiger partial charge < -0.3 is 16.2 Å². The highest BCUT2D eigenvalue weighted by Crippen LogP contribution is 2.45. The van der Waals surface area contributed by atoms with Crippen molar-refractivity contribution in [2.75, 3.05) is 11.1 Å². The Morgan fingerprint density at radius 3 is 2.55 bits per heavy atom. The molecule has 9 heteroatoms. The fourth-order valence-corrected chi connectivity index (χ4v) is 3.72. The van der Waals surface area contributed by atoms with Crippen LogP contribution in [0.1, 0.15) is 27.9 Å². The first-order chi connectivity index (χ1) is 13.5. The molecule has 0 spiro atoms. The topological polar surface area (TPSA) is 93.2 Å². The molecule has 1 aliphatic rings. The number of nitrogens with one attached hydrogen (secondary N) is 1. The maximum Gasteiger partial charge on any atom is 0.418 e. The molecule has 1 atom stereocenters. The molecule has 4 rings (SSSR count). The van der Waals surface area contributed by atoms with E-state index in [1.54, 1.807) is 25.1 Å². The number of aromatic nitrogens is 2. The number of benzene rings is 2. The van der Waals surface area contributed by atoms with E-state index in [4.69, 9.17) is 5.73 Å². The predicted octanol–water partition coefficient (Wildman–Crippen LogP) is 3.28. The molecule has 0 bridgehead atoms. The highest BCUT2D eigenvalue weighted by molar-refractivity contribution is 6.08. The number of nitrogens with zero attached hydrogens (tertiary/aromatic N) is 2. The number of nitrogen functional groups attached to an aromatic ring is 1. The van der Waals surface area contributed by atoms with Gasteiger partial charge in [-0.25, -0.2) is 4.68 Å². The molecule has 2 heterocycles. The van der Waals surface area contributed by atoms with Gasteiger partial charge in [0.05, 0.1) is 22.5 Å². The molecule has 0 unspecified atom stereocenters. The van der Waals surface area contributed by atoms with Crippen LogP contribution in [-0.2, 0) is 16.6 Å². The van der Waals surface area contributed by atoms with Crippen molar-refractivity contribution in [2.45, 2.75) is 25.6 Å². The number of nitrogens with two attached hydrogens (primary N) is 1. The number of carbonyl (C=O) groups is 1. The number of carbonyl (C=O) groups excluding carboxylic acids is 1. The van der Waals surface area contributed by atoms with Gasteiger partial charge in [-0.05, 0) is 32.0 Å². The molecule has 0 saturated carbocycles. The molecule has 2 aromatic carbocycles. The van der Waals surface area contributed by atoms with Gasteiger partial charge in [0.15, 0.2) is 0 Å². The Morgan fingerprint density at radius 1 is 1.17 bits per heavy atom. The van der Waals surface area contributed by atoms with Crippen LogP contribution in [0.5, 0.6) is 0 Å². The molecule has 1 aliphatic heterocycles. The number of amides is 1. The molecule has 0 saturated heterocycles. The lowest BCUT2D eigenvalue weighted by Crippen LogP contribution is -2.36. The molecule has 0 radical (unpaired) electrons. The second kappa shape index (κ2) is 6.08. The molecule has 3 aromatic rings. The Hall–Kier alpha value is -3.33. The van der Waals surface area contributed by atoms with Crippen molar-refractivity contribution in [2.24, 2.45) is 0 Å². The van der Waals surface area contributed by atoms with E-state index in [0.29, 0.717) is 5.69 Å². The van der Waals surface area contributed by atoms with E-state index < -0.39 is 23.2 Å². The highest BCUT2D eigenvalue weighted by Gasteiger charge is 2.50. The SMILES string of the molecule is Cc1ccc2c(c1)[C@](O)(c1c(C)nn(-c3ccccc3C(F)(F)F)c1N)C(=O)N2. The van der Waals surface area contributed by atoms with E-state index in [0.717, 1.165) is 16.3 Å². The Labute approximate surface area is 163 Å². The highest BCUT2D eigenvalue weighted by atomic mass is 19.4. The van der Waals surface area contributed by atoms with E-state index in [1.165, 1.54) is 25.1 Å². The van der Waals surface area contributed by atoms with Crippen molar-refractivity contribution >= 4 is 17.4 Å². The third-order valence-electron chi connectivity index (χ3n) is 5.04. The largest absolute Gasteiger partial charge is 0.418 e. The minimum atomic E-state index is -4.63. The Balaban J connectivity index is 1.96. The van der Waals surface area contributed by atoms with E-state index in [9.17, 15) is 23.1 Å². The lowest BCUT2D eigenvalue weighted by atomic mass is 9.86. The molecule has 4 N–H and O–H groups in total. The van der Waals surface area contributed by atoms with E-state index >= 15 is 0 Å². The number of hydrogen-bond donors (Lipinski definition) is 3. The number of hydrogen-bond acceptors (Lipinski definition) is 4. The van der Waals surface area contributed by atoms with Crippen LogP contribution in [-0.4, -0.2) is 20.8 Å². The molecule has 0 fully saturated rings. The average molecular weight is 402 g/mol. The zero-order valence-corrected chi connectivity index (χ0v) is 15.5. The minimum absolute atomic E-state index is 0.0451. The Morgan fingerprint density at radius 2 is 1.86 bits per heavy atom. The monoisotopic (exact) mass is 402 g/mol. The van der Waals surface area contributed by atoms with Crippen molar-refractivity contribution in [1.29, 1.82) is 0 Å². The van der Waals surface area contributed by atoms with Gasteiger partial charge in [-0.15, -0.1) is 0 Å². The van der Waals surface area contributed by atoms with Gasteiger partial charge in [0, 0.05) is 11.3 Å². The first kappa shape index (κ1) is 19.0. The zero-order valence-electron chi connectivity index (χ0n) is 15.5. The zero-order chi connectivity index (χ0) is 21.1. The van der Waals surface area contributed by atoms with Crippen LogP contribution in [0.2, 0.25) is 0 Å². The molecular formula is C20H17F3N4O2. The summed E-state index contributed by atoms with van der Waals surface area (Å²) in [7, 11) is 0. The summed E-state index contributed by atoms with van der Waals surface area (Å²) in [5.41, 5.74) is 4.36. The van der Waals surface area contributed by atoms with Crippen LogP contribution in [0.15, 0.2) is 42.5 Å². The number of aliphatic hydroxyl groups is 1. The van der Waals surface area contributed by atoms with E-state index in [1.807, 2.05) is 0 Å². The maximum absolute atomic E-state index is 13.5. The van der Waals surface area contributed by atoms with Gasteiger partial charge in [0.25, 0.3) is 5.91 Å². The number of aryl methyl sites for hydroxylation is 2. The summed E-state index contributed by atoms with van der Waals surface area (Å²) in [4.78, 5) is 12.7. The lowest BCUT2D eigenvalue weighted by Gasteiger charge is -2.22. The summed E-state index contributed by atoms with van der Waals surface area (Å²) in [6.45, 7) is 3.28. The smallest absolute Gasteiger partial charge is 0.383 e. The number of para-hydroxylation sites is 1. The number of fused-ring (bicyclic) bond motifs is 1. The van der Waals surface area contributed by atoms with Crippen LogP contribution in [0, 0.1) is 13.8 Å². The molecule has 6 nitrogen and oxygen atoms in total. The molecule has 0 aliphatic carbocycles. The van der Waals surface area contributed by atoms with Gasteiger partial charge in [-0.2, -0.15) is 18.3 Å². The third-order valence-corrected chi connectivity index (χ3v) is 5.04. The van der Waals surface area contributed by atoms with Crippen molar-refractivity contribution in [3.8, 4) is 5.69 Å². The second-order valence-corrected chi connectivity index (χ2v) is 6.99. The Bertz CT molecular complexity index is 1150. The van der Waals surface area contributed by atoms with Crippen LogP contribution >= 0.6 is 0 Å². The summed E-state index contributed by atoms with van der Waals surface area (Å²) in [6, 6.07) is 9.88. The van der Waals surface area contributed by atoms with E-state index in [2.05, 4.69) is 10.4 Å². The van der Waals surface area contributed by atoms with Crippen molar-refractivity contribution in [1.82, 2.24) is 9.78 Å². The molecule has 1 aromatic heterocycles. The van der Waals surface area contributed by atoms with Gasteiger partial charge in [-0.3, -0.25) is 4.79 Å². The first-order valence-corrected chi connectivity index (χ1v) is 8.72. The van der Waals surface area contributed by atoms with Crippen LogP contribution in [0.25, 0.3) is 5.69 Å².